The lowest BCUT2D eigenvalue weighted by molar-refractivity contribution is -0.116. The number of hydrogen-bond acceptors (Lipinski definition) is 4. The van der Waals surface area contributed by atoms with Gasteiger partial charge in [-0.15, -0.1) is 11.3 Å². The van der Waals surface area contributed by atoms with Crippen molar-refractivity contribution in [2.75, 3.05) is 10.6 Å². The molecule has 134 valence electrons. The summed E-state index contributed by atoms with van der Waals surface area (Å²) >= 11 is 1.64. The Kier molecular flexibility index (Phi) is 5.38. The van der Waals surface area contributed by atoms with Crippen LogP contribution in [0.1, 0.15) is 23.1 Å². The Morgan fingerprint density at radius 3 is 2.46 bits per heavy atom. The highest BCUT2D eigenvalue weighted by Gasteiger charge is 2.14. The van der Waals surface area contributed by atoms with E-state index in [4.69, 9.17) is 0 Å². The molecule has 0 aliphatic heterocycles. The van der Waals surface area contributed by atoms with E-state index in [0.717, 1.165) is 38.8 Å². The average Bonchev–Trinajstić information content (AvgIpc) is 3.05. The number of benzene rings is 2. The lowest BCUT2D eigenvalue weighted by Gasteiger charge is -2.17. The smallest absolute Gasteiger partial charge is 0.246 e. The minimum Gasteiger partial charge on any atom is -0.374 e. The quantitative estimate of drug-likeness (QED) is 0.655. The molecule has 4 nitrogen and oxygen atoms in total. The van der Waals surface area contributed by atoms with Crippen LogP contribution in [0.25, 0.3) is 11.3 Å². The molecule has 3 rings (SSSR count). The zero-order chi connectivity index (χ0) is 18.7. The minimum atomic E-state index is -0.345. The Balaban J connectivity index is 1.64. The molecule has 0 radical (unpaired) electrons. The highest BCUT2D eigenvalue weighted by molar-refractivity contribution is 7.09. The highest BCUT2D eigenvalue weighted by atomic mass is 32.1. The van der Waals surface area contributed by atoms with E-state index in [-0.39, 0.29) is 11.9 Å². The number of hydrogen-bond donors (Lipinski definition) is 2. The summed E-state index contributed by atoms with van der Waals surface area (Å²) in [5.41, 5.74) is 6.01. The summed E-state index contributed by atoms with van der Waals surface area (Å²) in [7, 11) is 0. The predicted octanol–water partition coefficient (Wildman–Crippen LogP) is 5.17. The average molecular weight is 366 g/mol. The van der Waals surface area contributed by atoms with Crippen LogP contribution in [0.15, 0.2) is 47.8 Å². The van der Waals surface area contributed by atoms with Crippen LogP contribution in [0.4, 0.5) is 11.4 Å². The minimum absolute atomic E-state index is 0.0575. The fourth-order valence-corrected chi connectivity index (χ4v) is 3.28. The third-order valence-corrected chi connectivity index (χ3v) is 5.00. The summed E-state index contributed by atoms with van der Waals surface area (Å²) in [4.78, 5) is 17.0. The summed E-state index contributed by atoms with van der Waals surface area (Å²) in [6.07, 6.45) is 0. The van der Waals surface area contributed by atoms with Crippen LogP contribution in [0.5, 0.6) is 0 Å². The molecule has 1 unspecified atom stereocenters. The van der Waals surface area contributed by atoms with Gasteiger partial charge in [-0.1, -0.05) is 24.3 Å². The second-order valence-corrected chi connectivity index (χ2v) is 7.56. The first-order chi connectivity index (χ1) is 12.4. The summed E-state index contributed by atoms with van der Waals surface area (Å²) in [5, 5.41) is 9.36. The van der Waals surface area contributed by atoms with Crippen LogP contribution in [-0.2, 0) is 4.79 Å². The molecule has 0 bridgehead atoms. The van der Waals surface area contributed by atoms with Crippen LogP contribution in [0, 0.1) is 20.8 Å². The number of rotatable bonds is 5. The maximum atomic E-state index is 12.5. The maximum Gasteiger partial charge on any atom is 0.246 e. The van der Waals surface area contributed by atoms with Gasteiger partial charge in [0.25, 0.3) is 0 Å². The molecular weight excluding hydrogens is 342 g/mol. The first kappa shape index (κ1) is 18.1. The Hall–Kier alpha value is -2.66. The molecule has 0 aliphatic rings. The van der Waals surface area contributed by atoms with Crippen LogP contribution in [0.2, 0.25) is 0 Å². The number of thiazole rings is 1. The first-order valence-electron chi connectivity index (χ1n) is 8.59. The summed E-state index contributed by atoms with van der Waals surface area (Å²) in [6, 6.07) is 13.7. The van der Waals surface area contributed by atoms with E-state index in [0.29, 0.717) is 0 Å². The molecule has 0 saturated carbocycles. The fraction of sp³-hybridized carbons (Fsp3) is 0.238. The maximum absolute atomic E-state index is 12.5. The molecule has 0 saturated heterocycles. The summed E-state index contributed by atoms with van der Waals surface area (Å²) in [5.74, 6) is -0.0575. The zero-order valence-corrected chi connectivity index (χ0v) is 16.3. The topological polar surface area (TPSA) is 54.0 Å². The van der Waals surface area contributed by atoms with E-state index >= 15 is 0 Å². The van der Waals surface area contributed by atoms with Crippen molar-refractivity contribution in [2.45, 2.75) is 33.7 Å². The van der Waals surface area contributed by atoms with Crippen molar-refractivity contribution in [1.82, 2.24) is 4.98 Å². The number of aromatic nitrogens is 1. The molecule has 5 heteroatoms. The number of nitrogens with zero attached hydrogens (tertiary/aromatic N) is 1. The fourth-order valence-electron chi connectivity index (χ4n) is 2.66. The standard InChI is InChI=1S/C21H23N3OS/c1-13-5-6-14(2)19(11-13)24-21(25)15(3)22-18-9-7-17(8-10-18)20-12-26-16(4)23-20/h5-12,15,22H,1-4H3,(H,24,25). The van der Waals surface area contributed by atoms with Crippen molar-refractivity contribution in [3.05, 3.63) is 64.0 Å². The van der Waals surface area contributed by atoms with Crippen molar-refractivity contribution in [1.29, 1.82) is 0 Å². The lowest BCUT2D eigenvalue weighted by atomic mass is 10.1. The molecular formula is C21H23N3OS. The molecule has 2 aromatic carbocycles. The number of amides is 1. The van der Waals surface area contributed by atoms with Crippen molar-refractivity contribution in [3.8, 4) is 11.3 Å². The Labute approximate surface area is 158 Å². The van der Waals surface area contributed by atoms with Gasteiger partial charge in [0.15, 0.2) is 0 Å². The van der Waals surface area contributed by atoms with Gasteiger partial charge in [-0.2, -0.15) is 0 Å². The van der Waals surface area contributed by atoms with E-state index in [9.17, 15) is 4.79 Å². The normalized spacial score (nSPS) is 11.8. The van der Waals surface area contributed by atoms with Gasteiger partial charge < -0.3 is 10.6 Å². The third kappa shape index (κ3) is 4.29. The van der Waals surface area contributed by atoms with Crippen LogP contribution in [-0.4, -0.2) is 16.9 Å². The summed E-state index contributed by atoms with van der Waals surface area (Å²) in [6.45, 7) is 7.87. The second kappa shape index (κ2) is 7.70. The zero-order valence-electron chi connectivity index (χ0n) is 15.5. The van der Waals surface area contributed by atoms with Crippen LogP contribution in [0.3, 0.4) is 0 Å². The number of anilines is 2. The van der Waals surface area contributed by atoms with E-state index in [1.807, 2.05) is 70.2 Å². The molecule has 1 amide bonds. The molecule has 0 aliphatic carbocycles. The molecule has 0 fully saturated rings. The Morgan fingerprint density at radius 1 is 1.08 bits per heavy atom. The van der Waals surface area contributed by atoms with Crippen molar-refractivity contribution >= 4 is 28.6 Å². The molecule has 3 aromatic rings. The number of aryl methyl sites for hydroxylation is 3. The van der Waals surface area contributed by atoms with Gasteiger partial charge in [-0.05, 0) is 57.0 Å². The number of carbonyl (C=O) groups excluding carboxylic acids is 1. The SMILES string of the molecule is Cc1ccc(C)c(NC(=O)C(C)Nc2ccc(-c3csc(C)n3)cc2)c1. The highest BCUT2D eigenvalue weighted by Crippen LogP contribution is 2.23. The van der Waals surface area contributed by atoms with Crippen molar-refractivity contribution in [3.63, 3.8) is 0 Å². The van der Waals surface area contributed by atoms with Gasteiger partial charge in [-0.3, -0.25) is 4.79 Å². The van der Waals surface area contributed by atoms with Gasteiger partial charge >= 0.3 is 0 Å². The van der Waals surface area contributed by atoms with Crippen LogP contribution < -0.4 is 10.6 Å². The van der Waals surface area contributed by atoms with Crippen molar-refractivity contribution < 1.29 is 4.79 Å². The number of carbonyl (C=O) groups is 1. The number of nitrogens with one attached hydrogen (secondary N) is 2. The van der Waals surface area contributed by atoms with Gasteiger partial charge in [0.05, 0.1) is 10.7 Å². The molecule has 1 aromatic heterocycles. The largest absolute Gasteiger partial charge is 0.374 e. The van der Waals surface area contributed by atoms with E-state index in [1.54, 1.807) is 11.3 Å². The summed E-state index contributed by atoms with van der Waals surface area (Å²) < 4.78 is 0. The lowest BCUT2D eigenvalue weighted by Crippen LogP contribution is -2.32. The molecule has 1 heterocycles. The predicted molar refractivity (Wildman–Crippen MR) is 110 cm³/mol. The Morgan fingerprint density at radius 2 is 1.81 bits per heavy atom. The molecule has 26 heavy (non-hydrogen) atoms. The van der Waals surface area contributed by atoms with Gasteiger partial charge in [0, 0.05) is 22.3 Å². The molecule has 0 spiro atoms. The van der Waals surface area contributed by atoms with Gasteiger partial charge in [0.1, 0.15) is 6.04 Å². The second-order valence-electron chi connectivity index (χ2n) is 6.50. The monoisotopic (exact) mass is 365 g/mol. The third-order valence-electron chi connectivity index (χ3n) is 4.23. The van der Waals surface area contributed by atoms with Gasteiger partial charge in [0.2, 0.25) is 5.91 Å². The first-order valence-corrected chi connectivity index (χ1v) is 9.47. The molecule has 1 atom stereocenters. The van der Waals surface area contributed by atoms with E-state index in [2.05, 4.69) is 21.0 Å². The van der Waals surface area contributed by atoms with E-state index in [1.165, 1.54) is 0 Å². The van der Waals surface area contributed by atoms with E-state index < -0.39 is 0 Å². The van der Waals surface area contributed by atoms with Gasteiger partial charge in [-0.25, -0.2) is 4.98 Å². The van der Waals surface area contributed by atoms with Crippen molar-refractivity contribution in [2.24, 2.45) is 0 Å². The Bertz CT molecular complexity index is 915. The molecule has 2 N–H and O–H groups in total. The van der Waals surface area contributed by atoms with Crippen LogP contribution >= 0.6 is 11.3 Å².